The van der Waals surface area contributed by atoms with E-state index < -0.39 is 11.9 Å². The Bertz CT molecular complexity index is 978. The lowest BCUT2D eigenvalue weighted by Crippen LogP contribution is -2.55. The summed E-state index contributed by atoms with van der Waals surface area (Å²) in [6, 6.07) is 15.3. The summed E-state index contributed by atoms with van der Waals surface area (Å²) in [7, 11) is 3.40. The third kappa shape index (κ3) is 4.92. The summed E-state index contributed by atoms with van der Waals surface area (Å²) in [5.41, 5.74) is 1.81. The molecule has 1 N–H and O–H groups in total. The van der Waals surface area contributed by atoms with E-state index in [1.807, 2.05) is 25.3 Å². The van der Waals surface area contributed by atoms with Crippen LogP contribution < -0.4 is 5.32 Å². The molecule has 1 heterocycles. The molecule has 184 valence electrons. The monoisotopic (exact) mass is 470 g/mol. The van der Waals surface area contributed by atoms with Gasteiger partial charge < -0.3 is 9.47 Å². The predicted molar refractivity (Wildman–Crippen MR) is 130 cm³/mol. The highest BCUT2D eigenvalue weighted by Crippen LogP contribution is 2.44. The lowest BCUT2D eigenvalue weighted by Gasteiger charge is -2.42. The standard InChI is InChI=1S/C28H36F2N2O2/c1-33-26(20-7-4-8-20)32-15-12-24(31-27(34-2)28(30)13-14-28)25(32)17-19-6-3-9-21(16-19)22-10-5-11-23(29)18-22/h3,5-6,9-11,16,18,20,24-27,31H,4,7-8,12-15,17H2,1-2H3. The summed E-state index contributed by atoms with van der Waals surface area (Å²) in [5, 5.41) is 3.53. The van der Waals surface area contributed by atoms with Gasteiger partial charge in [0.25, 0.3) is 0 Å². The van der Waals surface area contributed by atoms with E-state index in [1.54, 1.807) is 19.2 Å². The average molecular weight is 471 g/mol. The Kier molecular flexibility index (Phi) is 7.03. The van der Waals surface area contributed by atoms with E-state index in [9.17, 15) is 8.78 Å². The first-order chi connectivity index (χ1) is 16.5. The molecule has 0 radical (unpaired) electrons. The van der Waals surface area contributed by atoms with Gasteiger partial charge >= 0.3 is 0 Å². The summed E-state index contributed by atoms with van der Waals surface area (Å²) in [4.78, 5) is 2.49. The molecule has 0 amide bonds. The van der Waals surface area contributed by atoms with Crippen molar-refractivity contribution >= 4 is 0 Å². The van der Waals surface area contributed by atoms with Gasteiger partial charge in [-0.15, -0.1) is 0 Å². The summed E-state index contributed by atoms with van der Waals surface area (Å²) < 4.78 is 40.3. The third-order valence-electron chi connectivity index (χ3n) is 8.04. The maximum atomic E-state index is 14.9. The van der Waals surface area contributed by atoms with Crippen LogP contribution in [0.5, 0.6) is 0 Å². The number of likely N-dealkylation sites (tertiary alicyclic amines) is 1. The largest absolute Gasteiger partial charge is 0.366 e. The second-order valence-electron chi connectivity index (χ2n) is 10.2. The van der Waals surface area contributed by atoms with Crippen molar-refractivity contribution in [3.63, 3.8) is 0 Å². The van der Waals surface area contributed by atoms with Crippen LogP contribution in [0.2, 0.25) is 0 Å². The van der Waals surface area contributed by atoms with Crippen molar-refractivity contribution in [2.75, 3.05) is 20.8 Å². The number of methoxy groups -OCH3 is 2. The van der Waals surface area contributed by atoms with Crippen molar-refractivity contribution < 1.29 is 18.3 Å². The molecule has 2 aliphatic carbocycles. The Morgan fingerprint density at radius 2 is 1.76 bits per heavy atom. The average Bonchev–Trinajstić information content (AvgIpc) is 3.44. The SMILES string of the molecule is COC(C1CCC1)N1CCC(NC(OC)C2(F)CC2)C1Cc1cccc(-c2cccc(F)c2)c1. The van der Waals surface area contributed by atoms with Gasteiger partial charge in [-0.1, -0.05) is 42.8 Å². The molecular weight excluding hydrogens is 434 g/mol. The molecule has 6 heteroatoms. The van der Waals surface area contributed by atoms with Crippen molar-refractivity contribution in [3.8, 4) is 11.1 Å². The first kappa shape index (κ1) is 23.9. The molecule has 0 spiro atoms. The van der Waals surface area contributed by atoms with Gasteiger partial charge in [-0.05, 0) is 73.3 Å². The molecule has 2 saturated carbocycles. The fraction of sp³-hybridized carbons (Fsp3) is 0.571. The molecule has 0 bridgehead atoms. The number of nitrogens with zero attached hydrogens (tertiary/aromatic N) is 1. The van der Waals surface area contributed by atoms with E-state index in [0.717, 1.165) is 30.5 Å². The molecule has 1 aliphatic heterocycles. The number of alkyl halides is 1. The number of hydrogen-bond donors (Lipinski definition) is 1. The minimum atomic E-state index is -1.25. The highest BCUT2D eigenvalue weighted by Gasteiger charge is 2.53. The molecule has 34 heavy (non-hydrogen) atoms. The lowest BCUT2D eigenvalue weighted by atomic mass is 9.83. The zero-order chi connectivity index (χ0) is 23.7. The van der Waals surface area contributed by atoms with Gasteiger partial charge in [0.05, 0.1) is 0 Å². The number of nitrogens with one attached hydrogen (secondary N) is 1. The van der Waals surface area contributed by atoms with Crippen molar-refractivity contribution in [1.29, 1.82) is 0 Å². The lowest BCUT2D eigenvalue weighted by molar-refractivity contribution is -0.100. The van der Waals surface area contributed by atoms with Crippen LogP contribution in [0, 0.1) is 11.7 Å². The van der Waals surface area contributed by atoms with E-state index in [-0.39, 0.29) is 24.1 Å². The van der Waals surface area contributed by atoms with Gasteiger partial charge in [0.2, 0.25) is 0 Å². The van der Waals surface area contributed by atoms with Crippen LogP contribution in [0.1, 0.15) is 44.1 Å². The maximum Gasteiger partial charge on any atom is 0.150 e. The Balaban J connectivity index is 1.40. The van der Waals surface area contributed by atoms with Crippen molar-refractivity contribution in [2.45, 2.75) is 75.2 Å². The van der Waals surface area contributed by atoms with Gasteiger partial charge in [-0.3, -0.25) is 10.2 Å². The van der Waals surface area contributed by atoms with Crippen molar-refractivity contribution in [1.82, 2.24) is 10.2 Å². The Labute approximate surface area is 201 Å². The number of hydrogen-bond acceptors (Lipinski definition) is 4. The molecule has 5 rings (SSSR count). The Morgan fingerprint density at radius 1 is 1.03 bits per heavy atom. The van der Waals surface area contributed by atoms with Crippen LogP contribution in [-0.2, 0) is 15.9 Å². The summed E-state index contributed by atoms with van der Waals surface area (Å²) in [6.07, 6.45) is 6.00. The number of ether oxygens (including phenoxy) is 2. The second kappa shape index (κ2) is 10.0. The molecule has 2 aromatic rings. The quantitative estimate of drug-likeness (QED) is 0.477. The summed E-state index contributed by atoms with van der Waals surface area (Å²) in [6.45, 7) is 0.913. The van der Waals surface area contributed by atoms with Crippen LogP contribution in [0.15, 0.2) is 48.5 Å². The fourth-order valence-corrected chi connectivity index (χ4v) is 5.76. The molecule has 4 atom stereocenters. The highest BCUT2D eigenvalue weighted by molar-refractivity contribution is 5.64. The molecule has 1 saturated heterocycles. The van der Waals surface area contributed by atoms with Gasteiger partial charge in [-0.25, -0.2) is 8.78 Å². The van der Waals surface area contributed by atoms with Crippen molar-refractivity contribution in [2.24, 2.45) is 5.92 Å². The second-order valence-corrected chi connectivity index (χ2v) is 10.2. The van der Waals surface area contributed by atoms with Gasteiger partial charge in [-0.2, -0.15) is 0 Å². The van der Waals surface area contributed by atoms with E-state index in [0.29, 0.717) is 18.8 Å². The number of rotatable bonds is 10. The van der Waals surface area contributed by atoms with Gasteiger partial charge in [0.15, 0.2) is 5.67 Å². The minimum Gasteiger partial charge on any atom is -0.366 e. The van der Waals surface area contributed by atoms with Gasteiger partial charge in [0.1, 0.15) is 18.3 Å². The highest BCUT2D eigenvalue weighted by atomic mass is 19.1. The third-order valence-corrected chi connectivity index (χ3v) is 8.04. The maximum absolute atomic E-state index is 14.9. The van der Waals surface area contributed by atoms with Crippen LogP contribution in [0.25, 0.3) is 11.1 Å². The summed E-state index contributed by atoms with van der Waals surface area (Å²) in [5.74, 6) is 0.322. The summed E-state index contributed by atoms with van der Waals surface area (Å²) >= 11 is 0. The molecule has 0 aromatic heterocycles. The minimum absolute atomic E-state index is 0.0817. The smallest absolute Gasteiger partial charge is 0.150 e. The topological polar surface area (TPSA) is 33.7 Å². The van der Waals surface area contributed by atoms with E-state index in [4.69, 9.17) is 9.47 Å². The molecule has 4 nitrogen and oxygen atoms in total. The zero-order valence-corrected chi connectivity index (χ0v) is 20.2. The first-order valence-electron chi connectivity index (χ1n) is 12.6. The Morgan fingerprint density at radius 3 is 2.38 bits per heavy atom. The van der Waals surface area contributed by atoms with Crippen LogP contribution >= 0.6 is 0 Å². The predicted octanol–water partition coefficient (Wildman–Crippen LogP) is 5.31. The fourth-order valence-electron chi connectivity index (χ4n) is 5.76. The Hall–Kier alpha value is -1.86. The molecule has 4 unspecified atom stereocenters. The van der Waals surface area contributed by atoms with Gasteiger partial charge in [0, 0.05) is 32.8 Å². The first-order valence-corrected chi connectivity index (χ1v) is 12.6. The van der Waals surface area contributed by atoms with Crippen LogP contribution in [-0.4, -0.2) is 55.9 Å². The van der Waals surface area contributed by atoms with E-state index in [2.05, 4.69) is 22.3 Å². The van der Waals surface area contributed by atoms with Crippen molar-refractivity contribution in [3.05, 3.63) is 59.9 Å². The number of halogens is 2. The van der Waals surface area contributed by atoms with Crippen LogP contribution in [0.4, 0.5) is 8.78 Å². The molecular formula is C28H36F2N2O2. The van der Waals surface area contributed by atoms with Crippen LogP contribution in [0.3, 0.4) is 0 Å². The molecule has 3 aliphatic rings. The normalized spacial score (nSPS) is 26.2. The van der Waals surface area contributed by atoms with E-state index in [1.165, 1.54) is 30.9 Å². The number of benzene rings is 2. The molecule has 2 aromatic carbocycles. The van der Waals surface area contributed by atoms with E-state index >= 15 is 0 Å². The zero-order valence-electron chi connectivity index (χ0n) is 20.2. The molecule has 3 fully saturated rings.